The van der Waals surface area contributed by atoms with Gasteiger partial charge in [0.05, 0.1) is 6.04 Å². The van der Waals surface area contributed by atoms with Crippen LogP contribution in [-0.2, 0) is 20.8 Å². The van der Waals surface area contributed by atoms with E-state index in [1.807, 2.05) is 6.92 Å². The molecule has 0 bridgehead atoms. The molecule has 2 unspecified atom stereocenters. The van der Waals surface area contributed by atoms with E-state index in [1.165, 1.54) is 17.2 Å². The van der Waals surface area contributed by atoms with Crippen LogP contribution in [0, 0.1) is 17.6 Å². The molecule has 3 amide bonds. The normalized spacial score (nSPS) is 16.7. The van der Waals surface area contributed by atoms with Gasteiger partial charge in [0.15, 0.2) is 0 Å². The highest BCUT2D eigenvalue weighted by Gasteiger charge is 2.43. The molecule has 34 heavy (non-hydrogen) atoms. The summed E-state index contributed by atoms with van der Waals surface area (Å²) in [6.45, 7) is 7.68. The van der Waals surface area contributed by atoms with Gasteiger partial charge in [-0.3, -0.25) is 19.3 Å². The van der Waals surface area contributed by atoms with Gasteiger partial charge in [0.25, 0.3) is 5.91 Å². The van der Waals surface area contributed by atoms with Crippen LogP contribution < -0.4 is 20.9 Å². The van der Waals surface area contributed by atoms with Crippen LogP contribution in [0.4, 0.5) is 20.3 Å². The van der Waals surface area contributed by atoms with Crippen LogP contribution in [0.2, 0.25) is 0 Å². The van der Waals surface area contributed by atoms with Crippen molar-refractivity contribution in [1.29, 1.82) is 0 Å². The van der Waals surface area contributed by atoms with Crippen molar-refractivity contribution in [3.63, 3.8) is 0 Å². The molecule has 0 aliphatic carbocycles. The van der Waals surface area contributed by atoms with Gasteiger partial charge in [0.2, 0.25) is 11.8 Å². The molecule has 1 aromatic carbocycles. The van der Waals surface area contributed by atoms with Crippen molar-refractivity contribution in [3.8, 4) is 0 Å². The lowest BCUT2D eigenvalue weighted by atomic mass is 10.0. The maximum Gasteiger partial charge on any atom is 0.251 e. The largest absolute Gasteiger partial charge is 0.343 e. The molecule has 10 heteroatoms. The summed E-state index contributed by atoms with van der Waals surface area (Å²) in [5.74, 6) is -3.52. The number of aromatic nitrogens is 1. The fraction of sp³-hybridized carbons (Fsp3) is 0.417. The Labute approximate surface area is 197 Å². The molecule has 1 aliphatic rings. The Bertz CT molecular complexity index is 1060. The molecule has 0 saturated carbocycles. The number of nitrogens with zero attached hydrogens (tertiary/aromatic N) is 2. The minimum Gasteiger partial charge on any atom is -0.343 e. The van der Waals surface area contributed by atoms with Crippen LogP contribution in [0.25, 0.3) is 0 Å². The highest BCUT2D eigenvalue weighted by molar-refractivity contribution is 6.09. The number of para-hydroxylation sites is 1. The molecule has 0 spiro atoms. The maximum absolute atomic E-state index is 14.1. The van der Waals surface area contributed by atoms with Gasteiger partial charge in [0.1, 0.15) is 35.2 Å². The first-order valence-electron chi connectivity index (χ1n) is 11.2. The van der Waals surface area contributed by atoms with Gasteiger partial charge in [-0.15, -0.1) is 0 Å². The Balaban J connectivity index is 1.92. The first-order chi connectivity index (χ1) is 16.1. The standard InChI is InChI=1S/C24H29F2N5O3/c1-5-27-14(4)22(32)29-19(13(2)3)24(34)31-18(12-15-8-7-11-28-21(15)31)23(33)30-20-16(25)9-6-10-17(20)26/h6-11,13-14,18-19,27H,5,12H2,1-4H3,(H,29,32)(H,30,33)/t14-,18?,19?/m0/s1. The number of nitrogens with one attached hydrogen (secondary N) is 3. The van der Waals surface area contributed by atoms with Crippen LogP contribution >= 0.6 is 0 Å². The van der Waals surface area contributed by atoms with E-state index in [2.05, 4.69) is 20.9 Å². The average molecular weight is 474 g/mol. The summed E-state index contributed by atoms with van der Waals surface area (Å²) in [7, 11) is 0. The SMILES string of the molecule is CCN[C@@H](C)C(=O)NC(C(=O)N1c2ncccc2CC1C(=O)Nc1c(F)cccc1F)C(C)C. The number of amides is 3. The predicted octanol–water partition coefficient (Wildman–Crippen LogP) is 2.40. The van der Waals surface area contributed by atoms with E-state index in [0.29, 0.717) is 12.1 Å². The Morgan fingerprint density at radius 2 is 1.79 bits per heavy atom. The van der Waals surface area contributed by atoms with Gasteiger partial charge < -0.3 is 16.0 Å². The van der Waals surface area contributed by atoms with Crippen molar-refractivity contribution in [2.75, 3.05) is 16.8 Å². The zero-order chi connectivity index (χ0) is 25.0. The molecule has 1 aromatic heterocycles. The summed E-state index contributed by atoms with van der Waals surface area (Å²) in [6.07, 6.45) is 1.61. The summed E-state index contributed by atoms with van der Waals surface area (Å²) in [5, 5.41) is 8.03. The lowest BCUT2D eigenvalue weighted by molar-refractivity contribution is -0.130. The number of fused-ring (bicyclic) bond motifs is 1. The van der Waals surface area contributed by atoms with E-state index in [1.54, 1.807) is 32.9 Å². The molecule has 2 aromatic rings. The number of rotatable bonds is 8. The fourth-order valence-electron chi connectivity index (χ4n) is 3.89. The smallest absolute Gasteiger partial charge is 0.251 e. The molecular weight excluding hydrogens is 444 g/mol. The van der Waals surface area contributed by atoms with E-state index < -0.39 is 47.3 Å². The van der Waals surface area contributed by atoms with E-state index >= 15 is 0 Å². The first-order valence-corrected chi connectivity index (χ1v) is 11.2. The van der Waals surface area contributed by atoms with Crippen LogP contribution in [-0.4, -0.2) is 47.4 Å². The van der Waals surface area contributed by atoms with Crippen molar-refractivity contribution in [1.82, 2.24) is 15.6 Å². The molecular formula is C24H29F2N5O3. The summed E-state index contributed by atoms with van der Waals surface area (Å²) >= 11 is 0. The number of hydrogen-bond donors (Lipinski definition) is 3. The maximum atomic E-state index is 14.1. The Hall–Kier alpha value is -3.40. The van der Waals surface area contributed by atoms with Crippen molar-refractivity contribution in [2.45, 2.75) is 52.2 Å². The minimum atomic E-state index is -1.10. The van der Waals surface area contributed by atoms with Crippen LogP contribution in [0.15, 0.2) is 36.5 Å². The van der Waals surface area contributed by atoms with Gasteiger partial charge in [0, 0.05) is 12.6 Å². The monoisotopic (exact) mass is 473 g/mol. The summed E-state index contributed by atoms with van der Waals surface area (Å²) in [6, 6.07) is 4.10. The number of anilines is 2. The second-order valence-electron chi connectivity index (χ2n) is 8.51. The van der Waals surface area contributed by atoms with Gasteiger partial charge in [-0.1, -0.05) is 32.9 Å². The molecule has 3 N–H and O–H groups in total. The summed E-state index contributed by atoms with van der Waals surface area (Å²) < 4.78 is 28.3. The quantitative estimate of drug-likeness (QED) is 0.546. The lowest BCUT2D eigenvalue weighted by Crippen LogP contribution is -2.58. The lowest BCUT2D eigenvalue weighted by Gasteiger charge is -2.31. The number of likely N-dealkylation sites (N-methyl/N-ethyl adjacent to an activating group) is 1. The molecule has 3 rings (SSSR count). The number of carbonyl (C=O) groups excluding carboxylic acids is 3. The second-order valence-corrected chi connectivity index (χ2v) is 8.51. The number of pyridine rings is 1. The van der Waals surface area contributed by atoms with Gasteiger partial charge in [-0.2, -0.15) is 0 Å². The van der Waals surface area contributed by atoms with Gasteiger partial charge >= 0.3 is 0 Å². The van der Waals surface area contributed by atoms with Crippen LogP contribution in [0.3, 0.4) is 0 Å². The van der Waals surface area contributed by atoms with Crippen molar-refractivity contribution >= 4 is 29.2 Å². The van der Waals surface area contributed by atoms with Crippen molar-refractivity contribution in [3.05, 3.63) is 53.7 Å². The van der Waals surface area contributed by atoms with Crippen LogP contribution in [0.5, 0.6) is 0 Å². The molecule has 3 atom stereocenters. The molecule has 1 aliphatic heterocycles. The average Bonchev–Trinajstić information content (AvgIpc) is 3.19. The molecule has 2 heterocycles. The molecule has 8 nitrogen and oxygen atoms in total. The van der Waals surface area contributed by atoms with E-state index in [4.69, 9.17) is 0 Å². The summed E-state index contributed by atoms with van der Waals surface area (Å²) in [5.41, 5.74) is 0.0526. The van der Waals surface area contributed by atoms with E-state index in [-0.39, 0.29) is 24.1 Å². The molecule has 0 fully saturated rings. The Morgan fingerprint density at radius 3 is 2.41 bits per heavy atom. The fourth-order valence-corrected chi connectivity index (χ4v) is 3.89. The molecule has 0 saturated heterocycles. The van der Waals surface area contributed by atoms with Gasteiger partial charge in [-0.05, 0) is 43.1 Å². The Morgan fingerprint density at radius 1 is 1.12 bits per heavy atom. The van der Waals surface area contributed by atoms with Crippen molar-refractivity contribution < 1.29 is 23.2 Å². The number of hydrogen-bond acceptors (Lipinski definition) is 5. The third-order valence-electron chi connectivity index (χ3n) is 5.71. The topological polar surface area (TPSA) is 103 Å². The van der Waals surface area contributed by atoms with E-state index in [0.717, 1.165) is 12.1 Å². The highest BCUT2D eigenvalue weighted by atomic mass is 19.1. The predicted molar refractivity (Wildman–Crippen MR) is 124 cm³/mol. The molecule has 182 valence electrons. The van der Waals surface area contributed by atoms with Crippen molar-refractivity contribution in [2.24, 2.45) is 5.92 Å². The van der Waals surface area contributed by atoms with E-state index in [9.17, 15) is 23.2 Å². The third-order valence-corrected chi connectivity index (χ3v) is 5.71. The first kappa shape index (κ1) is 25.2. The third kappa shape index (κ3) is 5.22. The zero-order valence-corrected chi connectivity index (χ0v) is 19.6. The number of carbonyl (C=O) groups is 3. The van der Waals surface area contributed by atoms with Crippen LogP contribution in [0.1, 0.15) is 33.3 Å². The van der Waals surface area contributed by atoms with Gasteiger partial charge in [-0.25, -0.2) is 13.8 Å². The molecule has 0 radical (unpaired) electrons. The summed E-state index contributed by atoms with van der Waals surface area (Å²) in [4.78, 5) is 44.9. The Kier molecular flexibility index (Phi) is 7.93. The number of benzene rings is 1. The zero-order valence-electron chi connectivity index (χ0n) is 19.6. The highest BCUT2D eigenvalue weighted by Crippen LogP contribution is 2.32. The number of halogens is 2. The minimum absolute atomic E-state index is 0.114. The second kappa shape index (κ2) is 10.7.